The molecule has 0 saturated carbocycles. The molecule has 0 spiro atoms. The summed E-state index contributed by atoms with van der Waals surface area (Å²) in [7, 11) is 5.05. The molecule has 0 fully saturated rings. The van der Waals surface area contributed by atoms with Gasteiger partial charge in [-0.25, -0.2) is 0 Å². The molecule has 2 aromatic rings. The lowest BCUT2D eigenvalue weighted by Gasteiger charge is -2.18. The van der Waals surface area contributed by atoms with Gasteiger partial charge >= 0.3 is 0 Å². The highest BCUT2D eigenvalue weighted by molar-refractivity contribution is 5.85. The van der Waals surface area contributed by atoms with Crippen LogP contribution < -0.4 is 0 Å². The summed E-state index contributed by atoms with van der Waals surface area (Å²) in [5.74, 6) is -0.0113. The number of benzene rings is 1. The van der Waals surface area contributed by atoms with E-state index in [0.29, 0.717) is 6.42 Å². The highest BCUT2D eigenvalue weighted by atomic mass is 16.5. The van der Waals surface area contributed by atoms with Crippen molar-refractivity contribution in [3.63, 3.8) is 0 Å². The molecule has 1 aromatic carbocycles. The van der Waals surface area contributed by atoms with Gasteiger partial charge in [0.25, 0.3) is 5.91 Å². The fourth-order valence-corrected chi connectivity index (χ4v) is 2.06. The van der Waals surface area contributed by atoms with Gasteiger partial charge in [-0.1, -0.05) is 18.2 Å². The summed E-state index contributed by atoms with van der Waals surface area (Å²) in [6.45, 7) is 0. The molecule has 0 bridgehead atoms. The van der Waals surface area contributed by atoms with Crippen molar-refractivity contribution in [2.75, 3.05) is 21.2 Å². The van der Waals surface area contributed by atoms with Crippen LogP contribution in [0.4, 0.5) is 0 Å². The number of ether oxygens (including phenoxy) is 1. The van der Waals surface area contributed by atoms with Crippen LogP contribution in [0.2, 0.25) is 0 Å². The van der Waals surface area contributed by atoms with E-state index in [1.54, 1.807) is 26.1 Å². The number of rotatable bonds is 4. The van der Waals surface area contributed by atoms with E-state index in [-0.39, 0.29) is 5.91 Å². The third kappa shape index (κ3) is 2.38. The van der Waals surface area contributed by atoms with Gasteiger partial charge in [0.05, 0.1) is 0 Å². The number of fused-ring (bicyclic) bond motifs is 1. The highest BCUT2D eigenvalue weighted by Gasteiger charge is 2.21. The Morgan fingerprint density at radius 3 is 2.78 bits per heavy atom. The predicted octanol–water partition coefficient (Wildman–Crippen LogP) is 1.81. The topological polar surface area (TPSA) is 45.3 Å². The lowest BCUT2D eigenvalue weighted by Crippen LogP contribution is -2.36. The summed E-state index contributed by atoms with van der Waals surface area (Å²) in [6, 6.07) is 8.05. The molecule has 1 atom stereocenters. The maximum atomic E-state index is 11.9. The van der Waals surface area contributed by atoms with Crippen LogP contribution in [-0.2, 0) is 16.0 Å². The first-order valence-electron chi connectivity index (χ1n) is 5.92. The van der Waals surface area contributed by atoms with E-state index in [1.807, 2.05) is 30.5 Å². The number of aromatic nitrogens is 1. The second-order valence-corrected chi connectivity index (χ2v) is 4.52. The Balaban J connectivity index is 2.24. The van der Waals surface area contributed by atoms with Crippen LogP contribution in [0.1, 0.15) is 5.56 Å². The summed E-state index contributed by atoms with van der Waals surface area (Å²) in [4.78, 5) is 16.7. The van der Waals surface area contributed by atoms with Gasteiger partial charge in [0.2, 0.25) is 0 Å². The number of amides is 1. The van der Waals surface area contributed by atoms with Crippen LogP contribution >= 0.6 is 0 Å². The minimum atomic E-state index is -0.431. The molecule has 1 heterocycles. The normalized spacial score (nSPS) is 12.6. The van der Waals surface area contributed by atoms with Crippen LogP contribution in [0.25, 0.3) is 10.9 Å². The molecule has 4 nitrogen and oxygen atoms in total. The van der Waals surface area contributed by atoms with Gasteiger partial charge in [0, 0.05) is 44.7 Å². The predicted molar refractivity (Wildman–Crippen MR) is 71.5 cm³/mol. The Kier molecular flexibility index (Phi) is 3.67. The largest absolute Gasteiger partial charge is 0.371 e. The summed E-state index contributed by atoms with van der Waals surface area (Å²) in [5.41, 5.74) is 2.19. The Bertz CT molecular complexity index is 545. The molecule has 0 saturated heterocycles. The second-order valence-electron chi connectivity index (χ2n) is 4.52. The van der Waals surface area contributed by atoms with Gasteiger partial charge in [-0.05, 0) is 11.6 Å². The van der Waals surface area contributed by atoms with E-state index in [1.165, 1.54) is 0 Å². The first-order valence-corrected chi connectivity index (χ1v) is 5.92. The molecule has 2 rings (SSSR count). The van der Waals surface area contributed by atoms with Gasteiger partial charge in [-0.2, -0.15) is 0 Å². The highest BCUT2D eigenvalue weighted by Crippen LogP contribution is 2.20. The lowest BCUT2D eigenvalue weighted by atomic mass is 10.1. The van der Waals surface area contributed by atoms with Crippen LogP contribution in [0.15, 0.2) is 30.5 Å². The van der Waals surface area contributed by atoms with Crippen molar-refractivity contribution >= 4 is 16.8 Å². The number of nitrogens with one attached hydrogen (secondary N) is 1. The fourth-order valence-electron chi connectivity index (χ4n) is 2.06. The fraction of sp³-hybridized carbons (Fsp3) is 0.357. The molecule has 18 heavy (non-hydrogen) atoms. The van der Waals surface area contributed by atoms with Crippen molar-refractivity contribution < 1.29 is 9.53 Å². The maximum Gasteiger partial charge on any atom is 0.251 e. The number of nitrogens with zero attached hydrogens (tertiary/aromatic N) is 1. The minimum Gasteiger partial charge on any atom is -0.371 e. The number of hydrogen-bond acceptors (Lipinski definition) is 2. The summed E-state index contributed by atoms with van der Waals surface area (Å²) in [5, 5.41) is 1.14. The third-order valence-corrected chi connectivity index (χ3v) is 3.08. The van der Waals surface area contributed by atoms with Crippen LogP contribution in [0.5, 0.6) is 0 Å². The molecule has 1 N–H and O–H groups in total. The van der Waals surface area contributed by atoms with E-state index in [9.17, 15) is 4.79 Å². The summed E-state index contributed by atoms with van der Waals surface area (Å²) in [6.07, 6.45) is 2.09. The molecular formula is C14H18N2O2. The molecule has 0 aliphatic rings. The average molecular weight is 246 g/mol. The third-order valence-electron chi connectivity index (χ3n) is 3.08. The number of H-pyrrole nitrogens is 1. The zero-order chi connectivity index (χ0) is 13.1. The monoisotopic (exact) mass is 246 g/mol. The van der Waals surface area contributed by atoms with Crippen molar-refractivity contribution in [2.45, 2.75) is 12.5 Å². The van der Waals surface area contributed by atoms with Crippen molar-refractivity contribution in [2.24, 2.45) is 0 Å². The van der Waals surface area contributed by atoms with E-state index >= 15 is 0 Å². The van der Waals surface area contributed by atoms with Gasteiger partial charge in [0.1, 0.15) is 6.10 Å². The van der Waals surface area contributed by atoms with E-state index in [4.69, 9.17) is 4.74 Å². The number of likely N-dealkylation sites (N-methyl/N-ethyl adjacent to an activating group) is 1. The second kappa shape index (κ2) is 5.23. The SMILES string of the molecule is COC(Cc1c[nH]c2ccccc12)C(=O)N(C)C. The van der Waals surface area contributed by atoms with Crippen LogP contribution in [-0.4, -0.2) is 43.1 Å². The Hall–Kier alpha value is -1.81. The smallest absolute Gasteiger partial charge is 0.251 e. The maximum absolute atomic E-state index is 11.9. The molecular weight excluding hydrogens is 228 g/mol. The summed E-state index contributed by atoms with van der Waals surface area (Å²) >= 11 is 0. The van der Waals surface area contributed by atoms with Crippen molar-refractivity contribution in [3.8, 4) is 0 Å². The molecule has 0 aliphatic heterocycles. The Morgan fingerprint density at radius 2 is 2.11 bits per heavy atom. The van der Waals surface area contributed by atoms with Crippen LogP contribution in [0, 0.1) is 0 Å². The minimum absolute atomic E-state index is 0.0113. The van der Waals surface area contributed by atoms with Gasteiger partial charge in [-0.3, -0.25) is 4.79 Å². The van der Waals surface area contributed by atoms with Crippen LogP contribution in [0.3, 0.4) is 0 Å². The number of para-hydroxylation sites is 1. The van der Waals surface area contributed by atoms with E-state index < -0.39 is 6.10 Å². The number of methoxy groups -OCH3 is 1. The molecule has 4 heteroatoms. The van der Waals surface area contributed by atoms with Crippen molar-refractivity contribution in [1.29, 1.82) is 0 Å². The Morgan fingerprint density at radius 1 is 1.39 bits per heavy atom. The van der Waals surface area contributed by atoms with Gasteiger partial charge < -0.3 is 14.6 Å². The van der Waals surface area contributed by atoms with Gasteiger partial charge in [-0.15, -0.1) is 0 Å². The van der Waals surface area contributed by atoms with E-state index in [2.05, 4.69) is 4.98 Å². The summed E-state index contributed by atoms with van der Waals surface area (Å²) < 4.78 is 5.29. The molecule has 1 aromatic heterocycles. The average Bonchev–Trinajstić information content (AvgIpc) is 2.78. The van der Waals surface area contributed by atoms with E-state index in [0.717, 1.165) is 16.5 Å². The first kappa shape index (κ1) is 12.6. The Labute approximate surface area is 107 Å². The zero-order valence-electron chi connectivity index (χ0n) is 10.9. The number of aromatic amines is 1. The molecule has 96 valence electrons. The molecule has 1 amide bonds. The quantitative estimate of drug-likeness (QED) is 0.894. The van der Waals surface area contributed by atoms with Crippen molar-refractivity contribution in [3.05, 3.63) is 36.0 Å². The number of carbonyl (C=O) groups is 1. The van der Waals surface area contributed by atoms with Crippen molar-refractivity contribution in [1.82, 2.24) is 9.88 Å². The standard InChI is InChI=1S/C14H18N2O2/c1-16(2)14(17)13(18-3)8-10-9-15-12-7-5-4-6-11(10)12/h4-7,9,13,15H,8H2,1-3H3. The molecule has 0 radical (unpaired) electrons. The van der Waals surface area contributed by atoms with Gasteiger partial charge in [0.15, 0.2) is 0 Å². The zero-order valence-corrected chi connectivity index (χ0v) is 10.9. The number of carbonyl (C=O) groups excluding carboxylic acids is 1. The molecule has 1 unspecified atom stereocenters. The lowest BCUT2D eigenvalue weighted by molar-refractivity contribution is -0.139. The first-order chi connectivity index (χ1) is 8.63. The number of hydrogen-bond donors (Lipinski definition) is 1. The molecule has 0 aliphatic carbocycles.